The van der Waals surface area contributed by atoms with Crippen LogP contribution >= 0.6 is 21.6 Å². The predicted octanol–water partition coefficient (Wildman–Crippen LogP) is 5.46. The Kier molecular flexibility index (Phi) is 12.8. The SMILES string of the molecule is NCCNc1ccc(/C=C/c2cc[n+](CCSSCC[n+]3ccc(/C=C/c4ccc(N5CCNCC5)cc4)cc3)cc2)cc1. The normalized spacial score (nSPS) is 13.6. The Hall–Kier alpha value is -3.56. The summed E-state index contributed by atoms with van der Waals surface area (Å²) in [5.41, 5.74) is 12.8. The minimum Gasteiger partial charge on any atom is -0.384 e. The number of pyridine rings is 2. The highest BCUT2D eigenvalue weighted by atomic mass is 33.1. The van der Waals surface area contributed by atoms with Gasteiger partial charge in [-0.3, -0.25) is 0 Å². The van der Waals surface area contributed by atoms with E-state index in [-0.39, 0.29) is 0 Å². The number of nitrogens with zero attached hydrogens (tertiary/aromatic N) is 3. The summed E-state index contributed by atoms with van der Waals surface area (Å²) in [5.74, 6) is 2.17. The van der Waals surface area contributed by atoms with Gasteiger partial charge in [-0.05, 0) is 46.5 Å². The van der Waals surface area contributed by atoms with Gasteiger partial charge in [0.25, 0.3) is 0 Å². The van der Waals surface area contributed by atoms with Crippen LogP contribution in [0, 0.1) is 0 Å². The van der Waals surface area contributed by atoms with E-state index < -0.39 is 0 Å². The molecule has 0 saturated carbocycles. The zero-order chi connectivity index (χ0) is 30.2. The van der Waals surface area contributed by atoms with Gasteiger partial charge in [0.2, 0.25) is 0 Å². The Bertz CT molecular complexity index is 1450. The molecule has 0 spiro atoms. The quantitative estimate of drug-likeness (QED) is 0.0928. The van der Waals surface area contributed by atoms with Crippen molar-refractivity contribution < 1.29 is 9.13 Å². The van der Waals surface area contributed by atoms with Crippen LogP contribution in [-0.2, 0) is 13.1 Å². The maximum Gasteiger partial charge on any atom is 0.169 e. The monoisotopic (exact) mass is 624 g/mol. The summed E-state index contributed by atoms with van der Waals surface area (Å²) < 4.78 is 4.52. The maximum absolute atomic E-state index is 5.55. The van der Waals surface area contributed by atoms with E-state index in [1.165, 1.54) is 27.9 Å². The van der Waals surface area contributed by atoms with E-state index in [0.29, 0.717) is 6.54 Å². The van der Waals surface area contributed by atoms with Gasteiger partial charge in [0.05, 0.1) is 11.5 Å². The molecule has 5 rings (SSSR count). The fourth-order valence-corrected chi connectivity index (χ4v) is 6.85. The second-order valence-corrected chi connectivity index (χ2v) is 13.4. The number of rotatable bonds is 15. The number of aryl methyl sites for hydroxylation is 2. The van der Waals surface area contributed by atoms with E-state index in [9.17, 15) is 0 Å². The van der Waals surface area contributed by atoms with E-state index in [1.807, 2.05) is 21.6 Å². The van der Waals surface area contributed by atoms with Crippen molar-refractivity contribution >= 4 is 57.3 Å². The molecule has 228 valence electrons. The molecule has 0 unspecified atom stereocenters. The number of aromatic nitrogens is 2. The van der Waals surface area contributed by atoms with Gasteiger partial charge in [-0.1, -0.05) is 70.2 Å². The molecule has 6 nitrogen and oxygen atoms in total. The van der Waals surface area contributed by atoms with Gasteiger partial charge in [0.1, 0.15) is 0 Å². The fraction of sp³-hybridized carbons (Fsp3) is 0.278. The van der Waals surface area contributed by atoms with Crippen molar-refractivity contribution in [2.45, 2.75) is 13.1 Å². The zero-order valence-corrected chi connectivity index (χ0v) is 27.0. The van der Waals surface area contributed by atoms with Crippen molar-refractivity contribution in [3.05, 3.63) is 120 Å². The first-order chi connectivity index (χ1) is 21.7. The van der Waals surface area contributed by atoms with Crippen LogP contribution in [0.15, 0.2) is 97.6 Å². The molecule has 1 aliphatic heterocycles. The summed E-state index contributed by atoms with van der Waals surface area (Å²) in [7, 11) is 3.89. The lowest BCUT2D eigenvalue weighted by Gasteiger charge is -2.29. The van der Waals surface area contributed by atoms with Gasteiger partial charge in [-0.25, -0.2) is 9.13 Å². The van der Waals surface area contributed by atoms with Crippen LogP contribution in [0.1, 0.15) is 22.3 Å². The zero-order valence-electron chi connectivity index (χ0n) is 25.4. The molecule has 8 heteroatoms. The minimum atomic E-state index is 0.634. The minimum absolute atomic E-state index is 0.634. The molecule has 2 aromatic heterocycles. The summed E-state index contributed by atoms with van der Waals surface area (Å²) >= 11 is 0. The molecule has 0 bridgehead atoms. The van der Waals surface area contributed by atoms with E-state index in [2.05, 4.69) is 147 Å². The van der Waals surface area contributed by atoms with Gasteiger partial charge in [-0.2, -0.15) is 0 Å². The van der Waals surface area contributed by atoms with E-state index >= 15 is 0 Å². The number of nitrogens with one attached hydrogen (secondary N) is 2. The predicted molar refractivity (Wildman–Crippen MR) is 192 cm³/mol. The number of piperazine rings is 1. The molecule has 44 heavy (non-hydrogen) atoms. The third kappa shape index (κ3) is 10.6. The van der Waals surface area contributed by atoms with E-state index in [0.717, 1.165) is 63.0 Å². The van der Waals surface area contributed by atoms with Gasteiger partial charge >= 0.3 is 0 Å². The van der Waals surface area contributed by atoms with E-state index in [4.69, 9.17) is 5.73 Å². The first-order valence-corrected chi connectivity index (χ1v) is 17.9. The summed E-state index contributed by atoms with van der Waals surface area (Å²) in [6.07, 6.45) is 17.4. The van der Waals surface area contributed by atoms with Crippen LogP contribution in [0.5, 0.6) is 0 Å². The molecule has 4 aromatic rings. The van der Waals surface area contributed by atoms with Crippen LogP contribution in [0.25, 0.3) is 24.3 Å². The van der Waals surface area contributed by atoms with E-state index in [1.54, 1.807) is 0 Å². The van der Waals surface area contributed by atoms with Gasteiger partial charge in [-0.15, -0.1) is 0 Å². The topological polar surface area (TPSA) is 61.1 Å². The molecule has 1 aliphatic rings. The van der Waals surface area contributed by atoms with Crippen molar-refractivity contribution in [3.63, 3.8) is 0 Å². The second kappa shape index (κ2) is 17.7. The Morgan fingerprint density at radius 1 is 0.659 bits per heavy atom. The smallest absolute Gasteiger partial charge is 0.169 e. The molecule has 3 heterocycles. The van der Waals surface area contributed by atoms with Crippen LogP contribution in [0.3, 0.4) is 0 Å². The van der Waals surface area contributed by atoms with Crippen LogP contribution in [-0.4, -0.2) is 50.8 Å². The Labute approximate surface area is 270 Å². The Morgan fingerprint density at radius 3 is 1.59 bits per heavy atom. The molecule has 0 atom stereocenters. The molecule has 0 aliphatic carbocycles. The summed E-state index contributed by atoms with van der Waals surface area (Å²) in [4.78, 5) is 2.44. The van der Waals surface area contributed by atoms with Crippen LogP contribution < -0.4 is 30.4 Å². The second-order valence-electron chi connectivity index (χ2n) is 10.7. The van der Waals surface area contributed by atoms with Crippen molar-refractivity contribution in [1.82, 2.24) is 5.32 Å². The largest absolute Gasteiger partial charge is 0.384 e. The third-order valence-electron chi connectivity index (χ3n) is 7.48. The van der Waals surface area contributed by atoms with Crippen molar-refractivity contribution in [2.24, 2.45) is 5.73 Å². The molecule has 1 fully saturated rings. The maximum atomic E-state index is 5.55. The highest BCUT2D eigenvalue weighted by Gasteiger charge is 2.09. The summed E-state index contributed by atoms with van der Waals surface area (Å²) in [6.45, 7) is 7.72. The Balaban J connectivity index is 0.959. The van der Waals surface area contributed by atoms with Crippen molar-refractivity contribution in [3.8, 4) is 0 Å². The van der Waals surface area contributed by atoms with Gasteiger partial charge in [0, 0.05) is 74.9 Å². The fourth-order valence-electron chi connectivity index (χ4n) is 4.89. The first kappa shape index (κ1) is 31.9. The molecular weight excluding hydrogens is 581 g/mol. The molecule has 4 N–H and O–H groups in total. The lowest BCUT2D eigenvalue weighted by Crippen LogP contribution is -2.43. The molecule has 2 aromatic carbocycles. The highest BCUT2D eigenvalue weighted by Crippen LogP contribution is 2.20. The number of hydrogen-bond donors (Lipinski definition) is 3. The molecule has 0 amide bonds. The average molecular weight is 625 g/mol. The third-order valence-corrected chi connectivity index (χ3v) is 9.84. The lowest BCUT2D eigenvalue weighted by atomic mass is 10.1. The number of nitrogens with two attached hydrogens (primary N) is 1. The lowest BCUT2D eigenvalue weighted by molar-refractivity contribution is -0.692. The van der Waals surface area contributed by atoms with Crippen molar-refractivity contribution in [1.29, 1.82) is 0 Å². The summed E-state index contributed by atoms with van der Waals surface area (Å²) in [5, 5.41) is 6.71. The molecule has 0 radical (unpaired) electrons. The number of hydrogen-bond acceptors (Lipinski definition) is 6. The Morgan fingerprint density at radius 2 is 1.11 bits per heavy atom. The van der Waals surface area contributed by atoms with Gasteiger partial charge in [0.15, 0.2) is 37.9 Å². The van der Waals surface area contributed by atoms with Crippen molar-refractivity contribution in [2.75, 3.05) is 61.0 Å². The summed E-state index contributed by atoms with van der Waals surface area (Å²) in [6, 6.07) is 26.0. The average Bonchev–Trinajstić information content (AvgIpc) is 3.09. The first-order valence-electron chi connectivity index (χ1n) is 15.4. The highest BCUT2D eigenvalue weighted by molar-refractivity contribution is 8.76. The molecule has 1 saturated heterocycles. The van der Waals surface area contributed by atoms with Crippen LogP contribution in [0.2, 0.25) is 0 Å². The number of benzene rings is 2. The number of anilines is 2. The standard InChI is InChI=1S/C36H43N6S2/c37-17-18-39-35-9-5-31(6-10-35)1-3-33-13-21-40(22-14-33)27-29-43-44-30-28-41-23-15-34(16-24-41)4-2-32-7-11-36(12-8-32)42-25-19-38-20-26-42/h1-16,21-24,38H,17-20,25-30,37H2/q+1/p+1. The van der Waals surface area contributed by atoms with Crippen LogP contribution in [0.4, 0.5) is 11.4 Å². The molecular formula is C36H44N6S2+2. The van der Waals surface area contributed by atoms with Gasteiger partial charge < -0.3 is 21.3 Å².